The van der Waals surface area contributed by atoms with Crippen molar-refractivity contribution in [2.24, 2.45) is 0 Å². The Hall–Kier alpha value is -1.16. The van der Waals surface area contributed by atoms with Crippen LogP contribution in [0.5, 0.6) is 0 Å². The molecule has 3 nitrogen and oxygen atoms in total. The Morgan fingerprint density at radius 2 is 2.14 bits per heavy atom. The summed E-state index contributed by atoms with van der Waals surface area (Å²) in [5.41, 5.74) is 3.24. The lowest BCUT2D eigenvalue weighted by atomic mass is 10.1. The number of hydrogen-bond acceptors (Lipinski definition) is 2. The van der Waals surface area contributed by atoms with Crippen LogP contribution in [0.25, 0.3) is 5.52 Å². The molecule has 1 N–H and O–H groups in total. The van der Waals surface area contributed by atoms with E-state index in [9.17, 15) is 0 Å². The summed E-state index contributed by atoms with van der Waals surface area (Å²) in [7, 11) is 0. The first kappa shape index (κ1) is 9.40. The monoisotopic (exact) mass is 207 g/mol. The number of fused-ring (bicyclic) bond motifs is 1. The summed E-state index contributed by atoms with van der Waals surface area (Å²) in [6, 6.07) is 4.15. The minimum Gasteiger partial charge on any atom is -0.296 e. The van der Waals surface area contributed by atoms with Gasteiger partial charge in [-0.1, -0.05) is 13.8 Å². The van der Waals surface area contributed by atoms with Gasteiger partial charge < -0.3 is 0 Å². The van der Waals surface area contributed by atoms with Gasteiger partial charge in [0.15, 0.2) is 0 Å². The fourth-order valence-electron chi connectivity index (χ4n) is 1.46. The van der Waals surface area contributed by atoms with Crippen molar-refractivity contribution in [3.63, 3.8) is 0 Å². The molecule has 74 valence electrons. The summed E-state index contributed by atoms with van der Waals surface area (Å²) in [6.07, 6.45) is 0. The molecule has 0 aliphatic carbocycles. The highest BCUT2D eigenvalue weighted by molar-refractivity contribution is 7.71. The molecule has 0 saturated carbocycles. The van der Waals surface area contributed by atoms with E-state index in [0.717, 1.165) is 16.9 Å². The lowest BCUT2D eigenvalue weighted by Gasteiger charge is -2.03. The van der Waals surface area contributed by atoms with E-state index in [-0.39, 0.29) is 0 Å². The second-order valence-electron chi connectivity index (χ2n) is 3.82. The number of hydrogen-bond donors (Lipinski definition) is 1. The van der Waals surface area contributed by atoms with Gasteiger partial charge in [0, 0.05) is 11.4 Å². The molecule has 0 bridgehead atoms. The van der Waals surface area contributed by atoms with Crippen molar-refractivity contribution in [2.45, 2.75) is 26.7 Å². The Morgan fingerprint density at radius 1 is 1.43 bits per heavy atom. The van der Waals surface area contributed by atoms with Crippen LogP contribution in [-0.2, 0) is 0 Å². The summed E-state index contributed by atoms with van der Waals surface area (Å²) in [5, 5.41) is 3.14. The molecule has 0 spiro atoms. The topological polar surface area (TPSA) is 33.1 Å². The van der Waals surface area contributed by atoms with Crippen molar-refractivity contribution in [3.05, 3.63) is 28.3 Å². The summed E-state index contributed by atoms with van der Waals surface area (Å²) in [4.78, 5) is 4.36. The van der Waals surface area contributed by atoms with Crippen LogP contribution in [0.15, 0.2) is 12.1 Å². The number of aromatic amines is 1. The lowest BCUT2D eigenvalue weighted by Crippen LogP contribution is -1.98. The van der Waals surface area contributed by atoms with Gasteiger partial charge >= 0.3 is 0 Å². The SMILES string of the molecule is Cc1cc2cc(C(C)C)nc(=S)n2[nH]1. The number of rotatable bonds is 1. The molecule has 2 heterocycles. The molecule has 2 aromatic rings. The first-order chi connectivity index (χ1) is 6.58. The number of nitrogens with one attached hydrogen (secondary N) is 1. The number of nitrogens with zero attached hydrogens (tertiary/aromatic N) is 2. The van der Waals surface area contributed by atoms with Crippen LogP contribution >= 0.6 is 12.2 Å². The molecule has 2 aromatic heterocycles. The molecule has 0 saturated heterocycles. The third-order valence-corrected chi connectivity index (χ3v) is 2.49. The normalized spacial score (nSPS) is 11.4. The number of aromatic nitrogens is 3. The van der Waals surface area contributed by atoms with Crippen molar-refractivity contribution >= 4 is 17.7 Å². The molecule has 0 fully saturated rings. The van der Waals surface area contributed by atoms with Crippen LogP contribution in [0.1, 0.15) is 31.2 Å². The Balaban J connectivity index is 2.78. The fraction of sp³-hybridized carbons (Fsp3) is 0.400. The highest BCUT2D eigenvalue weighted by Crippen LogP contribution is 2.14. The second-order valence-corrected chi connectivity index (χ2v) is 4.18. The maximum absolute atomic E-state index is 5.19. The van der Waals surface area contributed by atoms with Crippen molar-refractivity contribution in [1.82, 2.24) is 14.6 Å². The average molecular weight is 207 g/mol. The minimum atomic E-state index is 0.414. The largest absolute Gasteiger partial charge is 0.296 e. The Kier molecular flexibility index (Phi) is 2.15. The molecule has 0 aliphatic heterocycles. The molecular formula is C10H13N3S. The predicted octanol–water partition coefficient (Wildman–Crippen LogP) is 2.82. The van der Waals surface area contributed by atoms with Crippen molar-refractivity contribution in [2.75, 3.05) is 0 Å². The van der Waals surface area contributed by atoms with E-state index in [1.165, 1.54) is 0 Å². The third kappa shape index (κ3) is 1.46. The molecule has 14 heavy (non-hydrogen) atoms. The standard InChI is InChI=1S/C10H13N3S/c1-6(2)9-5-8-4-7(3)12-13(8)10(14)11-9/h4-6,12H,1-3H3. The van der Waals surface area contributed by atoms with Gasteiger partial charge in [0.2, 0.25) is 4.77 Å². The van der Waals surface area contributed by atoms with Crippen LogP contribution in [0.2, 0.25) is 0 Å². The summed E-state index contributed by atoms with van der Waals surface area (Å²) in [6.45, 7) is 6.25. The molecule has 0 aliphatic rings. The zero-order chi connectivity index (χ0) is 10.3. The van der Waals surface area contributed by atoms with E-state index in [2.05, 4.69) is 36.1 Å². The first-order valence-electron chi connectivity index (χ1n) is 4.67. The van der Waals surface area contributed by atoms with E-state index in [4.69, 9.17) is 12.2 Å². The van der Waals surface area contributed by atoms with E-state index in [0.29, 0.717) is 10.7 Å². The van der Waals surface area contributed by atoms with Gasteiger partial charge in [-0.25, -0.2) is 9.50 Å². The number of H-pyrrole nitrogens is 1. The predicted molar refractivity (Wildman–Crippen MR) is 59.2 cm³/mol. The quantitative estimate of drug-likeness (QED) is 0.729. The van der Waals surface area contributed by atoms with Crippen LogP contribution in [0, 0.1) is 11.7 Å². The Morgan fingerprint density at radius 3 is 2.79 bits per heavy atom. The number of aryl methyl sites for hydroxylation is 1. The van der Waals surface area contributed by atoms with Gasteiger partial charge in [-0.3, -0.25) is 5.10 Å². The van der Waals surface area contributed by atoms with E-state index in [1.54, 1.807) is 0 Å². The van der Waals surface area contributed by atoms with E-state index >= 15 is 0 Å². The molecule has 0 unspecified atom stereocenters. The van der Waals surface area contributed by atoms with Gasteiger partial charge in [0.25, 0.3) is 0 Å². The second kappa shape index (κ2) is 3.20. The summed E-state index contributed by atoms with van der Waals surface area (Å²) >= 11 is 5.19. The van der Waals surface area contributed by atoms with Gasteiger partial charge in [-0.2, -0.15) is 0 Å². The highest BCUT2D eigenvalue weighted by atomic mass is 32.1. The first-order valence-corrected chi connectivity index (χ1v) is 5.08. The Bertz CT molecular complexity index is 522. The molecule has 0 aromatic carbocycles. The van der Waals surface area contributed by atoms with Crippen LogP contribution in [0.4, 0.5) is 0 Å². The van der Waals surface area contributed by atoms with Crippen LogP contribution in [0.3, 0.4) is 0 Å². The van der Waals surface area contributed by atoms with Gasteiger partial charge in [0.1, 0.15) is 0 Å². The maximum atomic E-state index is 5.19. The van der Waals surface area contributed by atoms with Crippen molar-refractivity contribution in [1.29, 1.82) is 0 Å². The lowest BCUT2D eigenvalue weighted by molar-refractivity contribution is 0.787. The van der Waals surface area contributed by atoms with Crippen LogP contribution < -0.4 is 0 Å². The van der Waals surface area contributed by atoms with Crippen molar-refractivity contribution in [3.8, 4) is 0 Å². The third-order valence-electron chi connectivity index (χ3n) is 2.21. The molecular weight excluding hydrogens is 194 g/mol. The minimum absolute atomic E-state index is 0.414. The maximum Gasteiger partial charge on any atom is 0.219 e. The van der Waals surface area contributed by atoms with Gasteiger partial charge in [-0.05, 0) is 37.2 Å². The van der Waals surface area contributed by atoms with E-state index < -0.39 is 0 Å². The van der Waals surface area contributed by atoms with Gasteiger partial charge in [0.05, 0.1) is 5.52 Å². The van der Waals surface area contributed by atoms with Crippen molar-refractivity contribution < 1.29 is 0 Å². The van der Waals surface area contributed by atoms with Gasteiger partial charge in [-0.15, -0.1) is 0 Å². The van der Waals surface area contributed by atoms with Crippen LogP contribution in [-0.4, -0.2) is 14.6 Å². The molecule has 0 amide bonds. The summed E-state index contributed by atoms with van der Waals surface area (Å²) < 4.78 is 2.43. The molecule has 4 heteroatoms. The van der Waals surface area contributed by atoms with E-state index in [1.807, 2.05) is 11.4 Å². The fourth-order valence-corrected chi connectivity index (χ4v) is 1.72. The highest BCUT2D eigenvalue weighted by Gasteiger charge is 2.04. The average Bonchev–Trinajstić information content (AvgIpc) is 2.45. The summed E-state index contributed by atoms with van der Waals surface area (Å²) in [5.74, 6) is 0.414. The molecule has 2 rings (SSSR count). The molecule has 0 atom stereocenters. The zero-order valence-electron chi connectivity index (χ0n) is 8.53. The zero-order valence-corrected chi connectivity index (χ0v) is 9.35. The molecule has 0 radical (unpaired) electrons. The smallest absolute Gasteiger partial charge is 0.219 e. The Labute approximate surface area is 87.8 Å².